The highest BCUT2D eigenvalue weighted by Crippen LogP contribution is 2.28. The minimum absolute atomic E-state index is 0.00414. The normalized spacial score (nSPS) is 10.1. The molecule has 0 radical (unpaired) electrons. The van der Waals surface area contributed by atoms with Crippen molar-refractivity contribution in [3.05, 3.63) is 71.6 Å². The summed E-state index contributed by atoms with van der Waals surface area (Å²) in [5, 5.41) is 37.5. The molecule has 2 N–H and O–H groups in total. The van der Waals surface area contributed by atoms with Crippen LogP contribution in [0.1, 0.15) is 11.1 Å². The smallest absolute Gasteiger partial charge is 0.423 e. The molecule has 8 heteroatoms. The van der Waals surface area contributed by atoms with E-state index in [9.17, 15) is 24.1 Å². The molecular formula is C19H10BF2N3O2. The zero-order chi connectivity index (χ0) is 19.6. The minimum Gasteiger partial charge on any atom is -0.423 e. The first kappa shape index (κ1) is 18.2. The van der Waals surface area contributed by atoms with E-state index in [4.69, 9.17) is 5.26 Å². The fraction of sp³-hybridized carbons (Fsp3) is 0. The lowest BCUT2D eigenvalue weighted by molar-refractivity contribution is 0.426. The summed E-state index contributed by atoms with van der Waals surface area (Å²) in [6, 6.07) is 11.1. The first-order chi connectivity index (χ1) is 13.0. The number of halogens is 2. The van der Waals surface area contributed by atoms with E-state index in [1.165, 1.54) is 30.6 Å². The molecule has 0 fully saturated rings. The summed E-state index contributed by atoms with van der Waals surface area (Å²) >= 11 is 0. The van der Waals surface area contributed by atoms with Gasteiger partial charge in [0.25, 0.3) is 0 Å². The molecule has 0 saturated carbocycles. The van der Waals surface area contributed by atoms with Crippen molar-refractivity contribution in [1.82, 2.24) is 4.98 Å². The SMILES string of the molecule is N#Cc1cc(-c2cncc(-c3c(B(O)O)ccc(F)c3C#N)c2)ccc1F. The van der Waals surface area contributed by atoms with Crippen molar-refractivity contribution in [3.63, 3.8) is 0 Å². The van der Waals surface area contributed by atoms with E-state index in [0.717, 1.165) is 12.1 Å². The van der Waals surface area contributed by atoms with E-state index < -0.39 is 18.8 Å². The zero-order valence-corrected chi connectivity index (χ0v) is 13.7. The predicted molar refractivity (Wildman–Crippen MR) is 94.3 cm³/mol. The Bertz CT molecular complexity index is 1120. The summed E-state index contributed by atoms with van der Waals surface area (Å²) < 4.78 is 27.6. The van der Waals surface area contributed by atoms with Crippen LogP contribution in [0.5, 0.6) is 0 Å². The van der Waals surface area contributed by atoms with Crippen molar-refractivity contribution in [2.24, 2.45) is 0 Å². The molecule has 0 spiro atoms. The highest BCUT2D eigenvalue weighted by molar-refractivity contribution is 6.60. The van der Waals surface area contributed by atoms with Crippen molar-refractivity contribution < 1.29 is 18.8 Å². The van der Waals surface area contributed by atoms with E-state index >= 15 is 0 Å². The van der Waals surface area contributed by atoms with E-state index in [-0.39, 0.29) is 27.7 Å². The summed E-state index contributed by atoms with van der Waals surface area (Å²) in [5.41, 5.74) is 0.700. The molecule has 2 aromatic carbocycles. The van der Waals surface area contributed by atoms with Gasteiger partial charge in [-0.3, -0.25) is 4.98 Å². The lowest BCUT2D eigenvalue weighted by Crippen LogP contribution is -2.32. The van der Waals surface area contributed by atoms with Crippen LogP contribution in [0.15, 0.2) is 48.8 Å². The van der Waals surface area contributed by atoms with Gasteiger partial charge in [0, 0.05) is 29.1 Å². The lowest BCUT2D eigenvalue weighted by atomic mass is 9.74. The van der Waals surface area contributed by atoms with Gasteiger partial charge in [0.2, 0.25) is 0 Å². The Hall–Kier alpha value is -3.59. The second-order valence-electron chi connectivity index (χ2n) is 5.64. The third-order valence-corrected chi connectivity index (χ3v) is 4.02. The fourth-order valence-corrected chi connectivity index (χ4v) is 2.75. The molecule has 5 nitrogen and oxygen atoms in total. The van der Waals surface area contributed by atoms with Crippen molar-refractivity contribution in [1.29, 1.82) is 10.5 Å². The first-order valence-corrected chi connectivity index (χ1v) is 7.70. The third-order valence-electron chi connectivity index (χ3n) is 4.02. The summed E-state index contributed by atoms with van der Waals surface area (Å²) in [4.78, 5) is 4.05. The van der Waals surface area contributed by atoms with Gasteiger partial charge in [-0.1, -0.05) is 12.1 Å². The van der Waals surface area contributed by atoms with Crippen LogP contribution in [0.25, 0.3) is 22.3 Å². The highest BCUT2D eigenvalue weighted by atomic mass is 19.1. The van der Waals surface area contributed by atoms with Crippen LogP contribution in [-0.2, 0) is 0 Å². The molecule has 130 valence electrons. The number of hydrogen-bond acceptors (Lipinski definition) is 5. The Morgan fingerprint density at radius 2 is 1.56 bits per heavy atom. The highest BCUT2D eigenvalue weighted by Gasteiger charge is 2.23. The standard InChI is InChI=1S/C19H10BF2N3O2/c21-17-3-1-11(5-12(17)7-23)13-6-14(10-25-9-13)19-15(8-24)18(22)4-2-16(19)20(26)27/h1-6,9-10,26-27H. The van der Waals surface area contributed by atoms with Crippen LogP contribution >= 0.6 is 0 Å². The molecular weight excluding hydrogens is 351 g/mol. The second-order valence-corrected chi connectivity index (χ2v) is 5.64. The molecule has 3 rings (SSSR count). The van der Waals surface area contributed by atoms with Gasteiger partial charge in [0.1, 0.15) is 23.8 Å². The van der Waals surface area contributed by atoms with Crippen LogP contribution in [0.4, 0.5) is 8.78 Å². The Labute approximate surface area is 153 Å². The van der Waals surface area contributed by atoms with Crippen molar-refractivity contribution in [2.75, 3.05) is 0 Å². The quantitative estimate of drug-likeness (QED) is 0.696. The van der Waals surface area contributed by atoms with Crippen LogP contribution in [-0.4, -0.2) is 22.2 Å². The molecule has 0 aliphatic carbocycles. The molecule has 0 atom stereocenters. The Kier molecular flexibility index (Phi) is 4.95. The van der Waals surface area contributed by atoms with Gasteiger partial charge in [0.15, 0.2) is 0 Å². The summed E-state index contributed by atoms with van der Waals surface area (Å²) in [6.07, 6.45) is 2.80. The Morgan fingerprint density at radius 1 is 0.852 bits per heavy atom. The van der Waals surface area contributed by atoms with Crippen LogP contribution in [0, 0.1) is 34.3 Å². The maximum absolute atomic E-state index is 14.1. The van der Waals surface area contributed by atoms with Gasteiger partial charge in [-0.2, -0.15) is 10.5 Å². The van der Waals surface area contributed by atoms with Gasteiger partial charge < -0.3 is 10.0 Å². The first-order valence-electron chi connectivity index (χ1n) is 7.70. The van der Waals surface area contributed by atoms with E-state index in [1.54, 1.807) is 18.2 Å². The van der Waals surface area contributed by atoms with Crippen molar-refractivity contribution in [3.8, 4) is 34.4 Å². The van der Waals surface area contributed by atoms with Crippen LogP contribution < -0.4 is 5.46 Å². The maximum Gasteiger partial charge on any atom is 0.489 e. The average Bonchev–Trinajstić information content (AvgIpc) is 2.67. The van der Waals surface area contributed by atoms with Gasteiger partial charge in [-0.25, -0.2) is 8.78 Å². The molecule has 0 saturated heterocycles. The molecule has 0 unspecified atom stereocenters. The molecule has 1 heterocycles. The number of pyridine rings is 1. The number of hydrogen-bond donors (Lipinski definition) is 2. The van der Waals surface area contributed by atoms with Crippen LogP contribution in [0.2, 0.25) is 0 Å². The number of rotatable bonds is 3. The minimum atomic E-state index is -1.92. The predicted octanol–water partition coefficient (Wildman–Crippen LogP) is 2.12. The molecule has 0 aliphatic heterocycles. The van der Waals surface area contributed by atoms with Crippen molar-refractivity contribution in [2.45, 2.75) is 0 Å². The summed E-state index contributed by atoms with van der Waals surface area (Å²) in [6.45, 7) is 0. The Morgan fingerprint density at radius 3 is 2.22 bits per heavy atom. The topological polar surface area (TPSA) is 101 Å². The second kappa shape index (κ2) is 7.34. The lowest BCUT2D eigenvalue weighted by Gasteiger charge is -2.13. The maximum atomic E-state index is 14.1. The van der Waals surface area contributed by atoms with Gasteiger partial charge in [-0.15, -0.1) is 0 Å². The monoisotopic (exact) mass is 361 g/mol. The van der Waals surface area contributed by atoms with Gasteiger partial charge >= 0.3 is 7.12 Å². The largest absolute Gasteiger partial charge is 0.489 e. The fourth-order valence-electron chi connectivity index (χ4n) is 2.75. The molecule has 0 bridgehead atoms. The average molecular weight is 361 g/mol. The van der Waals surface area contributed by atoms with E-state index in [0.29, 0.717) is 11.1 Å². The molecule has 0 amide bonds. The number of nitriles is 2. The van der Waals surface area contributed by atoms with Gasteiger partial charge in [-0.05, 0) is 35.3 Å². The molecule has 27 heavy (non-hydrogen) atoms. The Balaban J connectivity index is 2.22. The van der Waals surface area contributed by atoms with E-state index in [2.05, 4.69) is 4.98 Å². The van der Waals surface area contributed by atoms with Gasteiger partial charge in [0.05, 0.1) is 11.1 Å². The number of aromatic nitrogens is 1. The summed E-state index contributed by atoms with van der Waals surface area (Å²) in [7, 11) is -1.92. The number of benzene rings is 2. The molecule has 0 aliphatic rings. The molecule has 3 aromatic rings. The summed E-state index contributed by atoms with van der Waals surface area (Å²) in [5.74, 6) is -1.47. The number of nitrogens with zero attached hydrogens (tertiary/aromatic N) is 3. The molecule has 1 aromatic heterocycles. The van der Waals surface area contributed by atoms with Crippen LogP contribution in [0.3, 0.4) is 0 Å². The zero-order valence-electron chi connectivity index (χ0n) is 13.7. The third kappa shape index (κ3) is 3.40. The van der Waals surface area contributed by atoms with Crippen molar-refractivity contribution >= 4 is 12.6 Å². The van der Waals surface area contributed by atoms with E-state index in [1.807, 2.05) is 0 Å².